The third-order valence-corrected chi connectivity index (χ3v) is 2.11. The van der Waals surface area contributed by atoms with Crippen molar-refractivity contribution in [3.05, 3.63) is 35.9 Å². The standard InChI is InChI=1S/C12H17.Li/c1-2-3-4-6-9-12-10-7-5-8-11-12;/h7-8,10-11H,2-4,6,9H2,1H3;/q-1;+1. The van der Waals surface area contributed by atoms with E-state index in [0.717, 1.165) is 0 Å². The van der Waals surface area contributed by atoms with Crippen molar-refractivity contribution >= 4 is 0 Å². The van der Waals surface area contributed by atoms with Gasteiger partial charge in [0.15, 0.2) is 0 Å². The fraction of sp³-hybridized carbons (Fsp3) is 0.500. The molecule has 0 spiro atoms. The van der Waals surface area contributed by atoms with Crippen LogP contribution in [0.1, 0.15) is 38.2 Å². The number of unbranched alkanes of at least 4 members (excludes halogenated alkanes) is 3. The molecule has 0 atom stereocenters. The number of hydrogen-bond donors (Lipinski definition) is 0. The average molecular weight is 168 g/mol. The Morgan fingerprint density at radius 1 is 1.08 bits per heavy atom. The topological polar surface area (TPSA) is 0 Å². The van der Waals surface area contributed by atoms with E-state index in [1.807, 2.05) is 12.1 Å². The molecule has 0 aliphatic heterocycles. The van der Waals surface area contributed by atoms with Gasteiger partial charge in [0.25, 0.3) is 0 Å². The van der Waals surface area contributed by atoms with E-state index in [1.165, 1.54) is 37.7 Å². The summed E-state index contributed by atoms with van der Waals surface area (Å²) in [7, 11) is 0. The zero-order valence-corrected chi connectivity index (χ0v) is 8.84. The van der Waals surface area contributed by atoms with E-state index in [4.69, 9.17) is 0 Å². The van der Waals surface area contributed by atoms with Crippen LogP contribution in [0.5, 0.6) is 0 Å². The van der Waals surface area contributed by atoms with Crippen LogP contribution in [-0.4, -0.2) is 0 Å². The van der Waals surface area contributed by atoms with Gasteiger partial charge < -0.3 is 0 Å². The molecule has 1 aromatic rings. The van der Waals surface area contributed by atoms with Gasteiger partial charge in [0, 0.05) is 0 Å². The second kappa shape index (κ2) is 8.42. The Bertz CT molecular complexity index is 194. The molecule has 0 unspecified atom stereocenters. The molecule has 0 bridgehead atoms. The molecule has 0 aromatic heterocycles. The van der Waals surface area contributed by atoms with Crippen LogP contribution in [0.15, 0.2) is 24.3 Å². The summed E-state index contributed by atoms with van der Waals surface area (Å²) >= 11 is 0. The molecule has 0 aliphatic rings. The zero-order chi connectivity index (χ0) is 8.65. The third kappa shape index (κ3) is 5.97. The summed E-state index contributed by atoms with van der Waals surface area (Å²) in [6, 6.07) is 11.3. The van der Waals surface area contributed by atoms with Gasteiger partial charge in [-0.25, -0.2) is 0 Å². The number of hydrogen-bond acceptors (Lipinski definition) is 0. The summed E-state index contributed by atoms with van der Waals surface area (Å²) < 4.78 is 0. The van der Waals surface area contributed by atoms with Gasteiger partial charge >= 0.3 is 18.9 Å². The molecule has 0 aliphatic carbocycles. The van der Waals surface area contributed by atoms with E-state index in [1.54, 1.807) is 0 Å². The monoisotopic (exact) mass is 168 g/mol. The maximum atomic E-state index is 3.03. The van der Waals surface area contributed by atoms with Crippen molar-refractivity contribution in [1.82, 2.24) is 0 Å². The Balaban J connectivity index is 0.00000144. The fourth-order valence-corrected chi connectivity index (χ4v) is 1.34. The second-order valence-corrected chi connectivity index (χ2v) is 3.22. The molecule has 0 saturated carbocycles. The molecule has 1 aromatic carbocycles. The van der Waals surface area contributed by atoms with Crippen LogP contribution in [-0.2, 0) is 6.42 Å². The van der Waals surface area contributed by atoms with Crippen molar-refractivity contribution in [2.24, 2.45) is 0 Å². The van der Waals surface area contributed by atoms with Crippen molar-refractivity contribution in [3.8, 4) is 0 Å². The van der Waals surface area contributed by atoms with Gasteiger partial charge in [0.2, 0.25) is 0 Å². The summed E-state index contributed by atoms with van der Waals surface area (Å²) in [6.45, 7) is 2.25. The van der Waals surface area contributed by atoms with Gasteiger partial charge in [0.05, 0.1) is 0 Å². The molecule has 13 heavy (non-hydrogen) atoms. The summed E-state index contributed by atoms with van der Waals surface area (Å²) in [5.74, 6) is 0. The quantitative estimate of drug-likeness (QED) is 0.343. The minimum absolute atomic E-state index is 0. The predicted octanol–water partition coefficient (Wildman–Crippen LogP) is 0.614. The van der Waals surface area contributed by atoms with Crippen LogP contribution >= 0.6 is 0 Å². The molecular weight excluding hydrogens is 151 g/mol. The first-order valence-electron chi connectivity index (χ1n) is 4.88. The average Bonchev–Trinajstić information content (AvgIpc) is 2.14. The maximum absolute atomic E-state index is 3.03. The van der Waals surface area contributed by atoms with E-state index < -0.39 is 0 Å². The van der Waals surface area contributed by atoms with Crippen LogP contribution in [0.3, 0.4) is 0 Å². The molecule has 1 heteroatoms. The number of aryl methyl sites for hydroxylation is 1. The maximum Gasteiger partial charge on any atom is 1.00 e. The SMILES string of the molecule is CCCCCCc1cc[c-]cc1.[Li+]. The largest absolute Gasteiger partial charge is 1.00 e. The number of rotatable bonds is 5. The van der Waals surface area contributed by atoms with Crippen molar-refractivity contribution in [1.29, 1.82) is 0 Å². The Labute approximate surface area is 93.9 Å². The van der Waals surface area contributed by atoms with Crippen LogP contribution in [0.4, 0.5) is 0 Å². The third-order valence-electron chi connectivity index (χ3n) is 2.11. The normalized spacial score (nSPS) is 9.31. The first-order chi connectivity index (χ1) is 5.93. The summed E-state index contributed by atoms with van der Waals surface area (Å²) in [5.41, 5.74) is 1.45. The first-order valence-corrected chi connectivity index (χ1v) is 4.88. The second-order valence-electron chi connectivity index (χ2n) is 3.22. The van der Waals surface area contributed by atoms with E-state index in [0.29, 0.717) is 0 Å². The molecule has 66 valence electrons. The van der Waals surface area contributed by atoms with Crippen LogP contribution in [0.2, 0.25) is 0 Å². The molecule has 0 heterocycles. The first kappa shape index (κ1) is 12.8. The van der Waals surface area contributed by atoms with Crippen LogP contribution in [0, 0.1) is 6.07 Å². The minimum atomic E-state index is 0. The predicted molar refractivity (Wildman–Crippen MR) is 53.1 cm³/mol. The van der Waals surface area contributed by atoms with Crippen molar-refractivity contribution < 1.29 is 18.9 Å². The summed E-state index contributed by atoms with van der Waals surface area (Å²) in [5, 5.41) is 0. The van der Waals surface area contributed by atoms with Gasteiger partial charge in [-0.1, -0.05) is 39.0 Å². The number of benzene rings is 1. The summed E-state index contributed by atoms with van der Waals surface area (Å²) in [6.07, 6.45) is 6.63. The molecule has 0 fully saturated rings. The van der Waals surface area contributed by atoms with Crippen LogP contribution in [0.25, 0.3) is 0 Å². The van der Waals surface area contributed by atoms with Crippen molar-refractivity contribution in [2.45, 2.75) is 39.0 Å². The summed E-state index contributed by atoms with van der Waals surface area (Å²) in [4.78, 5) is 0. The minimum Gasteiger partial charge on any atom is -0.184 e. The van der Waals surface area contributed by atoms with Crippen molar-refractivity contribution in [2.75, 3.05) is 0 Å². The molecule has 0 N–H and O–H groups in total. The van der Waals surface area contributed by atoms with Gasteiger partial charge in [-0.05, 0) is 0 Å². The van der Waals surface area contributed by atoms with Gasteiger partial charge in [0.1, 0.15) is 0 Å². The van der Waals surface area contributed by atoms with Gasteiger partial charge in [-0.3, -0.25) is 0 Å². The molecule has 1 rings (SSSR count). The van der Waals surface area contributed by atoms with E-state index in [-0.39, 0.29) is 18.9 Å². The van der Waals surface area contributed by atoms with E-state index in [2.05, 4.69) is 25.1 Å². The Hall–Kier alpha value is -0.183. The van der Waals surface area contributed by atoms with Gasteiger partial charge in [-0.2, -0.15) is 35.9 Å². The molecule has 0 nitrogen and oxygen atoms in total. The molecule has 0 radical (unpaired) electrons. The van der Waals surface area contributed by atoms with E-state index in [9.17, 15) is 0 Å². The van der Waals surface area contributed by atoms with Gasteiger partial charge in [-0.15, -0.1) is 0 Å². The zero-order valence-electron chi connectivity index (χ0n) is 8.84. The Morgan fingerprint density at radius 2 is 1.77 bits per heavy atom. The van der Waals surface area contributed by atoms with Crippen molar-refractivity contribution in [3.63, 3.8) is 0 Å². The Kier molecular flexibility index (Phi) is 8.30. The smallest absolute Gasteiger partial charge is 0.184 e. The fourth-order valence-electron chi connectivity index (χ4n) is 1.34. The Morgan fingerprint density at radius 3 is 2.38 bits per heavy atom. The molecular formula is C12H17Li. The molecule has 0 amide bonds. The van der Waals surface area contributed by atoms with E-state index >= 15 is 0 Å². The van der Waals surface area contributed by atoms with Crippen LogP contribution < -0.4 is 18.9 Å². The molecule has 0 saturated heterocycles.